The number of pyridine rings is 1. The normalized spacial score (nSPS) is 14.3. The zero-order valence-corrected chi connectivity index (χ0v) is 8.69. The highest BCUT2D eigenvalue weighted by atomic mass is 19.4. The minimum atomic E-state index is -4.50. The van der Waals surface area contributed by atoms with Gasteiger partial charge in [0, 0.05) is 5.39 Å². The van der Waals surface area contributed by atoms with Crippen LogP contribution >= 0.6 is 0 Å². The number of para-hydroxylation sites is 1. The molecule has 2 aromatic rings. The SMILES string of the molecule is O=C1N=c2cc3cccc(C(F)(F)F)c3nc2=N1. The zero-order chi connectivity index (χ0) is 12.9. The van der Waals surface area contributed by atoms with Crippen molar-refractivity contribution in [1.29, 1.82) is 0 Å². The lowest BCUT2D eigenvalue weighted by Gasteiger charge is -2.08. The third kappa shape index (κ3) is 1.55. The largest absolute Gasteiger partial charge is 0.418 e. The summed E-state index contributed by atoms with van der Waals surface area (Å²) in [5.41, 5.74) is -1.14. The molecule has 1 aliphatic rings. The maximum Gasteiger partial charge on any atom is 0.418 e. The Morgan fingerprint density at radius 2 is 1.89 bits per heavy atom. The highest BCUT2D eigenvalue weighted by molar-refractivity contribution is 5.83. The fourth-order valence-electron chi connectivity index (χ4n) is 1.79. The first kappa shape index (κ1) is 10.8. The molecule has 1 aromatic carbocycles. The number of hydrogen-bond acceptors (Lipinski definition) is 2. The van der Waals surface area contributed by atoms with Gasteiger partial charge in [0.2, 0.25) is 0 Å². The summed E-state index contributed by atoms with van der Waals surface area (Å²) in [7, 11) is 0. The molecule has 7 heteroatoms. The highest BCUT2D eigenvalue weighted by Crippen LogP contribution is 2.32. The molecule has 4 nitrogen and oxygen atoms in total. The number of rotatable bonds is 0. The molecule has 90 valence electrons. The van der Waals surface area contributed by atoms with Crippen molar-refractivity contribution in [1.82, 2.24) is 4.98 Å². The number of alkyl halides is 3. The average Bonchev–Trinajstić information content (AvgIpc) is 2.62. The number of fused-ring (bicyclic) bond motifs is 2. The predicted molar refractivity (Wildman–Crippen MR) is 54.5 cm³/mol. The molecule has 1 aliphatic heterocycles. The Hall–Kier alpha value is -2.31. The van der Waals surface area contributed by atoms with Crippen molar-refractivity contribution in [3.63, 3.8) is 0 Å². The standard InChI is InChI=1S/C11H4F3N3O/c12-11(13,14)6-3-1-2-5-4-7-9(16-8(5)6)17-10(18)15-7/h1-4H. The van der Waals surface area contributed by atoms with E-state index in [0.29, 0.717) is 0 Å². The Balaban J connectivity index is 2.46. The second-order valence-corrected chi connectivity index (χ2v) is 3.71. The van der Waals surface area contributed by atoms with Crippen LogP contribution < -0.4 is 10.8 Å². The van der Waals surface area contributed by atoms with Crippen LogP contribution in [0.4, 0.5) is 18.0 Å². The van der Waals surface area contributed by atoms with Crippen molar-refractivity contribution in [3.8, 4) is 0 Å². The smallest absolute Gasteiger partial charge is 0.244 e. The lowest BCUT2D eigenvalue weighted by atomic mass is 10.1. The van der Waals surface area contributed by atoms with Gasteiger partial charge in [0.05, 0.1) is 11.1 Å². The molecule has 0 fully saturated rings. The molecule has 1 aromatic heterocycles. The molecule has 0 unspecified atom stereocenters. The van der Waals surface area contributed by atoms with Gasteiger partial charge in [-0.1, -0.05) is 12.1 Å². The Labute approximate surface area is 97.5 Å². The van der Waals surface area contributed by atoms with Gasteiger partial charge in [-0.3, -0.25) is 0 Å². The lowest BCUT2D eigenvalue weighted by Crippen LogP contribution is -2.26. The van der Waals surface area contributed by atoms with E-state index in [4.69, 9.17) is 0 Å². The summed E-state index contributed by atoms with van der Waals surface area (Å²) >= 11 is 0. The maximum atomic E-state index is 12.8. The van der Waals surface area contributed by atoms with Gasteiger partial charge in [-0.05, 0) is 12.1 Å². The first-order valence-corrected chi connectivity index (χ1v) is 4.93. The number of aromatic nitrogens is 1. The van der Waals surface area contributed by atoms with Crippen molar-refractivity contribution in [2.24, 2.45) is 9.98 Å². The van der Waals surface area contributed by atoms with Crippen molar-refractivity contribution >= 4 is 16.9 Å². The van der Waals surface area contributed by atoms with Crippen LogP contribution in [0, 0.1) is 0 Å². The molecule has 0 aliphatic carbocycles. The molecule has 2 amide bonds. The monoisotopic (exact) mass is 251 g/mol. The number of amides is 2. The minimum absolute atomic E-state index is 0.0656. The summed E-state index contributed by atoms with van der Waals surface area (Å²) in [4.78, 5) is 21.7. The molecule has 2 heterocycles. The second kappa shape index (κ2) is 3.34. The lowest BCUT2D eigenvalue weighted by molar-refractivity contribution is -0.136. The maximum absolute atomic E-state index is 12.8. The Morgan fingerprint density at radius 1 is 1.11 bits per heavy atom. The van der Waals surface area contributed by atoms with Crippen LogP contribution in [-0.4, -0.2) is 11.0 Å². The van der Waals surface area contributed by atoms with Gasteiger partial charge < -0.3 is 0 Å². The Kier molecular flexibility index (Phi) is 2.01. The summed E-state index contributed by atoms with van der Waals surface area (Å²) in [6.45, 7) is 0. The zero-order valence-electron chi connectivity index (χ0n) is 8.69. The van der Waals surface area contributed by atoms with Crippen LogP contribution in [0.25, 0.3) is 10.9 Å². The third-order valence-electron chi connectivity index (χ3n) is 2.53. The number of carbonyl (C=O) groups is 1. The molecular formula is C11H4F3N3O. The van der Waals surface area contributed by atoms with Crippen molar-refractivity contribution in [2.45, 2.75) is 6.18 Å². The van der Waals surface area contributed by atoms with Crippen LogP contribution in [0.1, 0.15) is 5.56 Å². The molecule has 0 N–H and O–H groups in total. The fraction of sp³-hybridized carbons (Fsp3) is 0.0909. The number of urea groups is 1. The van der Waals surface area contributed by atoms with E-state index in [0.717, 1.165) is 6.07 Å². The van der Waals surface area contributed by atoms with Crippen LogP contribution in [0.5, 0.6) is 0 Å². The van der Waals surface area contributed by atoms with Gasteiger partial charge in [0.1, 0.15) is 5.36 Å². The number of hydrogen-bond donors (Lipinski definition) is 0. The average molecular weight is 251 g/mol. The van der Waals surface area contributed by atoms with Crippen LogP contribution in [0.15, 0.2) is 34.3 Å². The molecule has 0 bridgehead atoms. The molecule has 0 atom stereocenters. The van der Waals surface area contributed by atoms with E-state index in [1.165, 1.54) is 18.2 Å². The van der Waals surface area contributed by atoms with Gasteiger partial charge in [0.25, 0.3) is 0 Å². The molecule has 0 radical (unpaired) electrons. The summed E-state index contributed by atoms with van der Waals surface area (Å²) < 4.78 is 38.4. The molecular weight excluding hydrogens is 247 g/mol. The summed E-state index contributed by atoms with van der Waals surface area (Å²) in [5.74, 6) is 0. The molecule has 18 heavy (non-hydrogen) atoms. The molecule has 0 saturated carbocycles. The van der Waals surface area contributed by atoms with Crippen LogP contribution in [0.2, 0.25) is 0 Å². The van der Waals surface area contributed by atoms with Gasteiger partial charge >= 0.3 is 12.2 Å². The summed E-state index contributed by atoms with van der Waals surface area (Å²) in [6.07, 6.45) is -4.50. The fourth-order valence-corrected chi connectivity index (χ4v) is 1.79. The molecule has 0 spiro atoms. The van der Waals surface area contributed by atoms with Crippen LogP contribution in [-0.2, 0) is 6.18 Å². The second-order valence-electron chi connectivity index (χ2n) is 3.71. The van der Waals surface area contributed by atoms with Gasteiger partial charge in [-0.2, -0.15) is 23.2 Å². The minimum Gasteiger partial charge on any atom is -0.244 e. The van der Waals surface area contributed by atoms with E-state index in [1.54, 1.807) is 0 Å². The van der Waals surface area contributed by atoms with E-state index in [1.807, 2.05) is 0 Å². The Morgan fingerprint density at radius 3 is 2.61 bits per heavy atom. The van der Waals surface area contributed by atoms with Gasteiger partial charge in [-0.15, -0.1) is 0 Å². The first-order valence-electron chi connectivity index (χ1n) is 4.93. The summed E-state index contributed by atoms with van der Waals surface area (Å²) in [6, 6.07) is 4.33. The van der Waals surface area contributed by atoms with E-state index >= 15 is 0 Å². The molecule has 0 saturated heterocycles. The van der Waals surface area contributed by atoms with Gasteiger partial charge in [0.15, 0.2) is 5.49 Å². The quantitative estimate of drug-likeness (QED) is 0.714. The number of halogens is 3. The molecule has 3 rings (SSSR count). The summed E-state index contributed by atoms with van der Waals surface area (Å²) in [5, 5.41) is 0.476. The number of benzene rings is 1. The topological polar surface area (TPSA) is 54.7 Å². The third-order valence-corrected chi connectivity index (χ3v) is 2.53. The van der Waals surface area contributed by atoms with Crippen molar-refractivity contribution in [3.05, 3.63) is 40.7 Å². The van der Waals surface area contributed by atoms with Crippen LogP contribution in [0.3, 0.4) is 0 Å². The number of carbonyl (C=O) groups excluding carboxylic acids is 1. The van der Waals surface area contributed by atoms with E-state index in [2.05, 4.69) is 15.0 Å². The van der Waals surface area contributed by atoms with Crippen molar-refractivity contribution in [2.75, 3.05) is 0 Å². The Bertz CT molecular complexity index is 796. The van der Waals surface area contributed by atoms with Gasteiger partial charge in [-0.25, -0.2) is 9.78 Å². The van der Waals surface area contributed by atoms with E-state index in [9.17, 15) is 18.0 Å². The number of nitrogens with zero attached hydrogens (tertiary/aromatic N) is 3. The predicted octanol–water partition coefficient (Wildman–Crippen LogP) is 1.63. The highest BCUT2D eigenvalue weighted by Gasteiger charge is 2.33. The van der Waals surface area contributed by atoms with E-state index in [-0.39, 0.29) is 21.7 Å². The first-order chi connectivity index (χ1) is 8.45. The van der Waals surface area contributed by atoms with E-state index < -0.39 is 17.8 Å². The van der Waals surface area contributed by atoms with Crippen molar-refractivity contribution < 1.29 is 18.0 Å².